The van der Waals surface area contributed by atoms with E-state index < -0.39 is 28.8 Å². The average Bonchev–Trinajstić information content (AvgIpc) is 2.78. The fraction of sp³-hybridized carbons (Fsp3) is 0.458. The van der Waals surface area contributed by atoms with Crippen molar-refractivity contribution in [2.45, 2.75) is 50.8 Å². The summed E-state index contributed by atoms with van der Waals surface area (Å²) < 4.78 is 21.6. The van der Waals surface area contributed by atoms with Crippen molar-refractivity contribution in [1.29, 1.82) is 0 Å². The molecule has 0 saturated heterocycles. The summed E-state index contributed by atoms with van der Waals surface area (Å²) in [6, 6.07) is 4.45. The van der Waals surface area contributed by atoms with Gasteiger partial charge in [0.15, 0.2) is 11.4 Å². The van der Waals surface area contributed by atoms with Crippen molar-refractivity contribution in [2.75, 3.05) is 20.2 Å². The van der Waals surface area contributed by atoms with Gasteiger partial charge in [0.25, 0.3) is 11.8 Å². The number of halogens is 2. The number of benzene rings is 1. The highest BCUT2D eigenvalue weighted by Crippen LogP contribution is 2.44. The van der Waals surface area contributed by atoms with Gasteiger partial charge in [0.2, 0.25) is 5.43 Å². The third-order valence-corrected chi connectivity index (χ3v) is 6.74. The van der Waals surface area contributed by atoms with Crippen molar-refractivity contribution in [1.82, 2.24) is 14.8 Å². The van der Waals surface area contributed by atoms with Crippen molar-refractivity contribution < 1.29 is 23.8 Å². The van der Waals surface area contributed by atoms with Gasteiger partial charge in [-0.05, 0) is 25.3 Å². The van der Waals surface area contributed by atoms with E-state index in [1.165, 1.54) is 23.2 Å². The summed E-state index contributed by atoms with van der Waals surface area (Å²) >= 11 is 5.81. The van der Waals surface area contributed by atoms with Crippen molar-refractivity contribution in [2.24, 2.45) is 0 Å². The molecule has 1 aromatic carbocycles. The largest absolute Gasteiger partial charge is 0.487 e. The van der Waals surface area contributed by atoms with Crippen LogP contribution in [0.15, 0.2) is 29.2 Å². The number of nitrogens with one attached hydrogen (secondary N) is 1. The Morgan fingerprint density at radius 3 is 2.76 bits per heavy atom. The van der Waals surface area contributed by atoms with Crippen LogP contribution in [0.2, 0.25) is 5.02 Å². The van der Waals surface area contributed by atoms with Gasteiger partial charge in [0.05, 0.1) is 23.3 Å². The smallest absolute Gasteiger partial charge is 0.274 e. The molecule has 1 aliphatic carbocycles. The molecule has 34 heavy (non-hydrogen) atoms. The Balaban J connectivity index is 1.75. The molecule has 1 spiro atoms. The van der Waals surface area contributed by atoms with Gasteiger partial charge in [-0.2, -0.15) is 0 Å². The van der Waals surface area contributed by atoms with Gasteiger partial charge in [-0.3, -0.25) is 14.4 Å². The number of aliphatic hydroxyl groups excluding tert-OH is 1. The van der Waals surface area contributed by atoms with Crippen molar-refractivity contribution in [3.63, 3.8) is 0 Å². The second-order valence-corrected chi connectivity index (χ2v) is 9.37. The molecule has 0 bridgehead atoms. The number of hydrogen-bond acceptors (Lipinski definition) is 5. The van der Waals surface area contributed by atoms with Crippen molar-refractivity contribution in [3.8, 4) is 5.75 Å². The molecule has 8 nitrogen and oxygen atoms in total. The molecule has 2 amide bonds. The van der Waals surface area contributed by atoms with Crippen LogP contribution in [0.3, 0.4) is 0 Å². The number of pyridine rings is 1. The van der Waals surface area contributed by atoms with E-state index in [-0.39, 0.29) is 46.7 Å². The molecule has 0 unspecified atom stereocenters. The first-order valence-corrected chi connectivity index (χ1v) is 11.6. The molecule has 2 heterocycles. The van der Waals surface area contributed by atoms with Crippen molar-refractivity contribution >= 4 is 23.4 Å². The van der Waals surface area contributed by atoms with Crippen LogP contribution < -0.4 is 15.5 Å². The fourth-order valence-corrected chi connectivity index (χ4v) is 4.84. The molecule has 0 radical (unpaired) electrons. The Bertz CT molecular complexity index is 1190. The predicted octanol–water partition coefficient (Wildman–Crippen LogP) is 2.69. The number of aromatic nitrogens is 1. The lowest BCUT2D eigenvalue weighted by Crippen LogP contribution is -2.61. The Morgan fingerprint density at radius 2 is 2.09 bits per heavy atom. The first kappa shape index (κ1) is 24.2. The van der Waals surface area contributed by atoms with Gasteiger partial charge >= 0.3 is 0 Å². The number of carbonyl (C=O) groups excluding carboxylic acids is 2. The second kappa shape index (κ2) is 9.38. The van der Waals surface area contributed by atoms with Crippen LogP contribution in [0.4, 0.5) is 4.39 Å². The van der Waals surface area contributed by atoms with E-state index in [4.69, 9.17) is 16.3 Å². The molecule has 2 aromatic rings. The molecule has 1 fully saturated rings. The minimum atomic E-state index is -0.721. The zero-order chi connectivity index (χ0) is 24.6. The summed E-state index contributed by atoms with van der Waals surface area (Å²) in [6.45, 7) is 2.34. The number of nitrogens with zero attached hydrogens (tertiary/aromatic N) is 2. The van der Waals surface area contributed by atoms with Gasteiger partial charge < -0.3 is 24.6 Å². The minimum absolute atomic E-state index is 0.0691. The number of rotatable bonds is 7. The minimum Gasteiger partial charge on any atom is -0.487 e. The molecule has 4 rings (SSSR count). The summed E-state index contributed by atoms with van der Waals surface area (Å²) in [5.74, 6) is -1.93. The summed E-state index contributed by atoms with van der Waals surface area (Å²) in [5, 5.41) is 12.5. The molecule has 10 heteroatoms. The number of likely N-dealkylation sites (N-methyl/N-ethyl adjacent to an activating group) is 1. The lowest BCUT2D eigenvalue weighted by molar-refractivity contribution is -0.0454. The maximum absolute atomic E-state index is 14.2. The highest BCUT2D eigenvalue weighted by atomic mass is 35.5. The highest BCUT2D eigenvalue weighted by molar-refractivity contribution is 6.30. The molecular formula is C24H27ClFN3O5. The number of aliphatic hydroxyl groups is 1. The Kier molecular flexibility index (Phi) is 6.69. The zero-order valence-electron chi connectivity index (χ0n) is 19.1. The van der Waals surface area contributed by atoms with E-state index >= 15 is 0 Å². The molecule has 0 atom stereocenters. The highest BCUT2D eigenvalue weighted by Gasteiger charge is 2.51. The monoisotopic (exact) mass is 491 g/mol. The first-order valence-electron chi connectivity index (χ1n) is 11.3. The van der Waals surface area contributed by atoms with E-state index in [0.29, 0.717) is 25.8 Å². The summed E-state index contributed by atoms with van der Waals surface area (Å²) in [7, 11) is 1.64. The van der Waals surface area contributed by atoms with Gasteiger partial charge in [-0.15, -0.1) is 0 Å². The molecule has 2 aliphatic rings. The second-order valence-electron chi connectivity index (χ2n) is 8.96. The van der Waals surface area contributed by atoms with E-state index in [9.17, 15) is 23.9 Å². The third-order valence-electron chi connectivity index (χ3n) is 6.45. The molecule has 1 aliphatic heterocycles. The lowest BCUT2D eigenvalue weighted by atomic mass is 9.72. The van der Waals surface area contributed by atoms with Crippen LogP contribution in [0.1, 0.15) is 59.0 Å². The molecule has 2 N–H and O–H groups in total. The van der Waals surface area contributed by atoms with Crippen LogP contribution in [-0.4, -0.2) is 52.7 Å². The van der Waals surface area contributed by atoms with E-state index in [1.807, 2.05) is 6.92 Å². The van der Waals surface area contributed by atoms with E-state index in [2.05, 4.69) is 5.32 Å². The average molecular weight is 492 g/mol. The van der Waals surface area contributed by atoms with Gasteiger partial charge in [-0.1, -0.05) is 37.1 Å². The molecular weight excluding hydrogens is 465 g/mol. The lowest BCUT2D eigenvalue weighted by Gasteiger charge is -2.52. The van der Waals surface area contributed by atoms with Gasteiger partial charge in [0, 0.05) is 31.9 Å². The third kappa shape index (κ3) is 4.18. The van der Waals surface area contributed by atoms with Crippen LogP contribution >= 0.6 is 11.6 Å². The Hall–Kier alpha value is -2.91. The topological polar surface area (TPSA) is 101 Å². The Morgan fingerprint density at radius 1 is 1.35 bits per heavy atom. The fourth-order valence-electron chi connectivity index (χ4n) is 4.65. The normalized spacial score (nSPS) is 21.3. The summed E-state index contributed by atoms with van der Waals surface area (Å²) in [6.07, 6.45) is 3.07. The zero-order valence-corrected chi connectivity index (χ0v) is 19.8. The van der Waals surface area contributed by atoms with Crippen LogP contribution in [0, 0.1) is 5.82 Å². The van der Waals surface area contributed by atoms with E-state index in [0.717, 1.165) is 6.42 Å². The van der Waals surface area contributed by atoms with Crippen molar-refractivity contribution in [3.05, 3.63) is 62.3 Å². The van der Waals surface area contributed by atoms with Gasteiger partial charge in [-0.25, -0.2) is 4.39 Å². The molecule has 182 valence electrons. The van der Waals surface area contributed by atoms with Crippen LogP contribution in [-0.2, 0) is 12.1 Å². The Labute approximate surface area is 201 Å². The number of hydrogen-bond donors (Lipinski definition) is 2. The van der Waals surface area contributed by atoms with Crippen LogP contribution in [0.5, 0.6) is 5.75 Å². The quantitative estimate of drug-likeness (QED) is 0.580. The summed E-state index contributed by atoms with van der Waals surface area (Å²) in [5.41, 5.74) is -1.30. The molecule has 1 aromatic heterocycles. The predicted molar refractivity (Wildman–Crippen MR) is 124 cm³/mol. The molecule has 1 saturated carbocycles. The number of unbranched alkanes of at least 4 members (excludes halogenated alkanes) is 1. The number of carbonyl (C=O) groups is 2. The SMILES string of the molecule is CCCCOc1c2n(cc(C(=O)NCc3cccc(Cl)c3F)c1=O)[C@]1(CN(C)C2=O)C[C@@H](O)C1. The number of amides is 2. The maximum atomic E-state index is 14.2. The number of ether oxygens (including phenoxy) is 1. The standard InChI is InChI=1S/C24H27ClFN3O5/c1-3-4-8-34-21-19-23(33)28(2)13-24(9-15(30)10-24)29(19)12-16(20(21)31)22(32)27-11-14-6-5-7-17(25)18(14)26/h5-7,12,15,30H,3-4,8-11,13H2,1-2H3,(H,27,32)/t15-,24-. The van der Waals surface area contributed by atoms with E-state index in [1.54, 1.807) is 17.7 Å². The van der Waals surface area contributed by atoms with Gasteiger partial charge in [0.1, 0.15) is 11.4 Å². The maximum Gasteiger partial charge on any atom is 0.274 e. The summed E-state index contributed by atoms with van der Waals surface area (Å²) in [4.78, 5) is 40.9. The first-order chi connectivity index (χ1) is 16.2. The van der Waals surface area contributed by atoms with Crippen LogP contribution in [0.25, 0.3) is 0 Å². The number of fused-ring (bicyclic) bond motifs is 2.